The maximum Gasteiger partial charge on any atom is 0.134 e. The van der Waals surface area contributed by atoms with Crippen molar-refractivity contribution in [2.45, 2.75) is 52.4 Å². The lowest BCUT2D eigenvalue weighted by molar-refractivity contribution is 0.358. The minimum atomic E-state index is -0.457. The summed E-state index contributed by atoms with van der Waals surface area (Å²) in [6.45, 7) is 4.19. The predicted octanol–water partition coefficient (Wildman–Crippen LogP) is 6.66. The van der Waals surface area contributed by atoms with Crippen LogP contribution in [0.3, 0.4) is 0 Å². The van der Waals surface area contributed by atoms with Gasteiger partial charge in [-0.25, -0.2) is 8.78 Å². The molecule has 2 aromatic rings. The van der Waals surface area contributed by atoms with Crippen molar-refractivity contribution in [1.29, 1.82) is 0 Å². The lowest BCUT2D eigenvalue weighted by Gasteiger charge is -2.25. The Morgan fingerprint density at radius 1 is 0.917 bits per heavy atom. The van der Waals surface area contributed by atoms with E-state index in [1.165, 1.54) is 37.8 Å². The third-order valence-electron chi connectivity index (χ3n) is 5.24. The molecule has 127 valence electrons. The molecule has 0 atom stereocenters. The van der Waals surface area contributed by atoms with E-state index >= 15 is 0 Å². The average molecular weight is 327 g/mol. The van der Waals surface area contributed by atoms with Gasteiger partial charge in [-0.1, -0.05) is 36.8 Å². The number of hydrogen-bond acceptors (Lipinski definition) is 0. The van der Waals surface area contributed by atoms with Crippen LogP contribution in [0.2, 0.25) is 0 Å². The summed E-state index contributed by atoms with van der Waals surface area (Å²) in [6, 6.07) is 10.3. The van der Waals surface area contributed by atoms with Crippen molar-refractivity contribution >= 4 is 0 Å². The molecule has 0 bridgehead atoms. The van der Waals surface area contributed by atoms with Crippen molar-refractivity contribution in [2.24, 2.45) is 5.92 Å². The molecule has 1 radical (unpaired) electrons. The van der Waals surface area contributed by atoms with E-state index in [-0.39, 0.29) is 5.56 Å². The Labute approximate surface area is 143 Å². The van der Waals surface area contributed by atoms with Crippen molar-refractivity contribution < 1.29 is 8.78 Å². The van der Waals surface area contributed by atoms with Gasteiger partial charge >= 0.3 is 0 Å². The SMILES string of the molecule is C[C]1CCC(CCc2cc(F)c(-c3ccc(C)cc3)c(F)c2)CC1. The highest BCUT2D eigenvalue weighted by Gasteiger charge is 2.19. The Bertz CT molecular complexity index is 657. The van der Waals surface area contributed by atoms with Crippen LogP contribution in [0.1, 0.15) is 50.2 Å². The Morgan fingerprint density at radius 2 is 1.50 bits per heavy atom. The van der Waals surface area contributed by atoms with Crippen LogP contribution in [0.4, 0.5) is 8.78 Å². The maximum atomic E-state index is 14.5. The molecule has 0 saturated heterocycles. The summed E-state index contributed by atoms with van der Waals surface area (Å²) < 4.78 is 28.9. The third kappa shape index (κ3) is 4.03. The molecule has 0 amide bonds. The Balaban J connectivity index is 1.71. The molecule has 1 saturated carbocycles. The predicted molar refractivity (Wildman–Crippen MR) is 95.7 cm³/mol. The van der Waals surface area contributed by atoms with Crippen LogP contribution in [0, 0.1) is 30.4 Å². The monoisotopic (exact) mass is 327 g/mol. The fourth-order valence-corrected chi connectivity index (χ4v) is 3.60. The quantitative estimate of drug-likeness (QED) is 0.589. The van der Waals surface area contributed by atoms with Crippen molar-refractivity contribution in [1.82, 2.24) is 0 Å². The molecule has 0 aromatic heterocycles. The van der Waals surface area contributed by atoms with Crippen molar-refractivity contribution in [3.8, 4) is 11.1 Å². The van der Waals surface area contributed by atoms with Crippen molar-refractivity contribution in [2.75, 3.05) is 0 Å². The van der Waals surface area contributed by atoms with Crippen LogP contribution in [-0.2, 0) is 6.42 Å². The Hall–Kier alpha value is -1.70. The number of rotatable bonds is 4. The van der Waals surface area contributed by atoms with Crippen molar-refractivity contribution in [3.63, 3.8) is 0 Å². The first-order valence-electron chi connectivity index (χ1n) is 8.89. The minimum Gasteiger partial charge on any atom is -0.206 e. The van der Waals surface area contributed by atoms with E-state index in [2.05, 4.69) is 6.92 Å². The molecule has 0 N–H and O–H groups in total. The van der Waals surface area contributed by atoms with Gasteiger partial charge in [-0.3, -0.25) is 0 Å². The maximum absolute atomic E-state index is 14.5. The molecule has 1 fully saturated rings. The molecule has 3 rings (SSSR count). The van der Waals surface area contributed by atoms with Crippen LogP contribution in [0.5, 0.6) is 0 Å². The Morgan fingerprint density at radius 3 is 2.08 bits per heavy atom. The van der Waals surface area contributed by atoms with Gasteiger partial charge in [0.2, 0.25) is 0 Å². The van der Waals surface area contributed by atoms with E-state index in [1.807, 2.05) is 19.1 Å². The fourth-order valence-electron chi connectivity index (χ4n) is 3.60. The van der Waals surface area contributed by atoms with Crippen LogP contribution in [0.15, 0.2) is 36.4 Å². The molecule has 2 heteroatoms. The van der Waals surface area contributed by atoms with Gasteiger partial charge < -0.3 is 0 Å². The molecule has 2 aromatic carbocycles. The first kappa shape index (κ1) is 17.1. The second-order valence-corrected chi connectivity index (χ2v) is 7.24. The highest BCUT2D eigenvalue weighted by Crippen LogP contribution is 2.33. The molecule has 0 spiro atoms. The molecule has 1 aliphatic carbocycles. The van der Waals surface area contributed by atoms with Crippen LogP contribution in [-0.4, -0.2) is 0 Å². The number of halogens is 2. The lowest BCUT2D eigenvalue weighted by Crippen LogP contribution is -2.12. The topological polar surface area (TPSA) is 0 Å². The van der Waals surface area contributed by atoms with E-state index < -0.39 is 11.6 Å². The molecular formula is C22H25F2. The molecule has 0 unspecified atom stereocenters. The molecule has 0 heterocycles. The summed E-state index contributed by atoms with van der Waals surface area (Å²) >= 11 is 0. The van der Waals surface area contributed by atoms with Gasteiger partial charge in [0.25, 0.3) is 0 Å². The largest absolute Gasteiger partial charge is 0.206 e. The third-order valence-corrected chi connectivity index (χ3v) is 5.24. The van der Waals surface area contributed by atoms with E-state index in [4.69, 9.17) is 0 Å². The number of aryl methyl sites for hydroxylation is 2. The standard InChI is InChI=1S/C22H25F2/c1-15-3-7-17(8-4-15)9-10-18-13-20(23)22(21(24)14-18)19-11-5-16(2)6-12-19/h5-6,11-14,17H,3-4,7-10H2,1-2H3. The summed E-state index contributed by atoms with van der Waals surface area (Å²) in [5.74, 6) is 1.37. The summed E-state index contributed by atoms with van der Waals surface area (Å²) in [6.07, 6.45) is 6.64. The van der Waals surface area contributed by atoms with Gasteiger partial charge in [0.05, 0.1) is 5.56 Å². The second-order valence-electron chi connectivity index (χ2n) is 7.24. The number of benzene rings is 2. The highest BCUT2D eigenvalue weighted by atomic mass is 19.1. The van der Waals surface area contributed by atoms with Crippen molar-refractivity contribution in [3.05, 3.63) is 65.1 Å². The molecule has 0 aliphatic heterocycles. The van der Waals surface area contributed by atoms with Gasteiger partial charge in [-0.2, -0.15) is 0 Å². The summed E-state index contributed by atoms with van der Waals surface area (Å²) in [5, 5.41) is 0. The summed E-state index contributed by atoms with van der Waals surface area (Å²) in [5.41, 5.74) is 2.53. The molecular weight excluding hydrogens is 302 g/mol. The van der Waals surface area contributed by atoms with Gasteiger partial charge in [0, 0.05) is 0 Å². The van der Waals surface area contributed by atoms with E-state index in [1.54, 1.807) is 18.1 Å². The average Bonchev–Trinajstić information content (AvgIpc) is 2.55. The Kier molecular flexibility index (Phi) is 5.33. The first-order chi connectivity index (χ1) is 11.5. The zero-order valence-corrected chi connectivity index (χ0v) is 14.5. The number of hydrogen-bond donors (Lipinski definition) is 0. The molecule has 24 heavy (non-hydrogen) atoms. The highest BCUT2D eigenvalue weighted by molar-refractivity contribution is 5.65. The normalized spacial score (nSPS) is 16.5. The van der Waals surface area contributed by atoms with Crippen LogP contribution < -0.4 is 0 Å². The first-order valence-corrected chi connectivity index (χ1v) is 8.89. The van der Waals surface area contributed by atoms with Crippen LogP contribution >= 0.6 is 0 Å². The lowest BCUT2D eigenvalue weighted by atomic mass is 9.80. The van der Waals surface area contributed by atoms with Gasteiger partial charge in [0.1, 0.15) is 11.6 Å². The zero-order chi connectivity index (χ0) is 17.1. The summed E-state index contributed by atoms with van der Waals surface area (Å²) in [4.78, 5) is 0. The second kappa shape index (κ2) is 7.46. The van der Waals surface area contributed by atoms with E-state index in [0.29, 0.717) is 11.5 Å². The van der Waals surface area contributed by atoms with E-state index in [9.17, 15) is 8.78 Å². The van der Waals surface area contributed by atoms with Gasteiger partial charge in [-0.05, 0) is 80.5 Å². The van der Waals surface area contributed by atoms with E-state index in [0.717, 1.165) is 24.0 Å². The van der Waals surface area contributed by atoms with Gasteiger partial charge in [-0.15, -0.1) is 0 Å². The van der Waals surface area contributed by atoms with Gasteiger partial charge in [0.15, 0.2) is 0 Å². The smallest absolute Gasteiger partial charge is 0.134 e. The zero-order valence-electron chi connectivity index (χ0n) is 14.5. The minimum absolute atomic E-state index is 0.0849. The molecule has 1 aliphatic rings. The summed E-state index contributed by atoms with van der Waals surface area (Å²) in [7, 11) is 0. The fraction of sp³-hybridized carbons (Fsp3) is 0.409. The molecule has 0 nitrogen and oxygen atoms in total. The van der Waals surface area contributed by atoms with Crippen LogP contribution in [0.25, 0.3) is 11.1 Å².